The zero-order chi connectivity index (χ0) is 23.1. The predicted octanol–water partition coefficient (Wildman–Crippen LogP) is 0.636. The molecule has 0 unspecified atom stereocenters. The van der Waals surface area contributed by atoms with Crippen LogP contribution in [0.1, 0.15) is 0 Å². The second kappa shape index (κ2) is 10.5. The number of hydrogen-bond donors (Lipinski definition) is 1. The van der Waals surface area contributed by atoms with Gasteiger partial charge in [0, 0.05) is 51.0 Å². The topological polar surface area (TPSA) is 112 Å². The Hall–Kier alpha value is -3.02. The number of anilines is 2. The molecule has 0 radical (unpaired) electrons. The Balaban J connectivity index is 1.50. The van der Waals surface area contributed by atoms with E-state index in [2.05, 4.69) is 15.2 Å². The number of carbonyl (C=O) groups is 2. The lowest BCUT2D eigenvalue weighted by Gasteiger charge is -2.29. The number of hydrogen-bond acceptors (Lipinski definition) is 7. The highest BCUT2D eigenvalue weighted by atomic mass is 32.2. The number of ether oxygens (including phenoxy) is 1. The standard InChI is InChI=1S/C21H27N5O5S/c1-24(21(28)16-25(2)32(29,30)19-4-3-9-22-14-19)15-20(27)23-17-5-7-18(8-6-17)26-10-12-31-13-11-26/h3-9,14H,10-13,15-16H2,1-2H3,(H,23,27). The molecule has 11 heteroatoms. The highest BCUT2D eigenvalue weighted by Crippen LogP contribution is 2.19. The summed E-state index contributed by atoms with van der Waals surface area (Å²) in [6, 6.07) is 10.4. The van der Waals surface area contributed by atoms with Crippen LogP contribution < -0.4 is 10.2 Å². The monoisotopic (exact) mass is 461 g/mol. The van der Waals surface area contributed by atoms with Gasteiger partial charge in [0.1, 0.15) is 4.90 Å². The maximum absolute atomic E-state index is 12.5. The molecule has 10 nitrogen and oxygen atoms in total. The molecular weight excluding hydrogens is 434 g/mol. The highest BCUT2D eigenvalue weighted by molar-refractivity contribution is 7.89. The molecule has 1 aromatic carbocycles. The summed E-state index contributed by atoms with van der Waals surface area (Å²) in [4.78, 5) is 32.0. The van der Waals surface area contributed by atoms with Gasteiger partial charge in [0.25, 0.3) is 0 Å². The predicted molar refractivity (Wildman–Crippen MR) is 120 cm³/mol. The fourth-order valence-electron chi connectivity index (χ4n) is 3.16. The van der Waals surface area contributed by atoms with Crippen LogP contribution in [0.15, 0.2) is 53.7 Å². The number of sulfonamides is 1. The van der Waals surface area contributed by atoms with Gasteiger partial charge in [-0.2, -0.15) is 4.31 Å². The minimum atomic E-state index is -3.85. The lowest BCUT2D eigenvalue weighted by molar-refractivity contribution is -0.133. The summed E-state index contributed by atoms with van der Waals surface area (Å²) < 4.78 is 31.3. The van der Waals surface area contributed by atoms with Crippen molar-refractivity contribution in [3.05, 3.63) is 48.8 Å². The molecule has 0 saturated carbocycles. The molecule has 3 rings (SSSR count). The van der Waals surface area contributed by atoms with Gasteiger partial charge in [0.05, 0.1) is 26.3 Å². The molecule has 1 aliphatic heterocycles. The summed E-state index contributed by atoms with van der Waals surface area (Å²) in [5.41, 5.74) is 1.67. The summed E-state index contributed by atoms with van der Waals surface area (Å²) in [7, 11) is -1.09. The molecule has 0 atom stereocenters. The number of nitrogens with zero attached hydrogens (tertiary/aromatic N) is 4. The Morgan fingerprint density at radius 1 is 1.09 bits per heavy atom. The van der Waals surface area contributed by atoms with Crippen LogP contribution in [0.3, 0.4) is 0 Å². The van der Waals surface area contributed by atoms with E-state index in [1.54, 1.807) is 12.1 Å². The van der Waals surface area contributed by atoms with Crippen molar-refractivity contribution < 1.29 is 22.7 Å². The van der Waals surface area contributed by atoms with Crippen molar-refractivity contribution in [2.75, 3.05) is 63.7 Å². The van der Waals surface area contributed by atoms with E-state index in [9.17, 15) is 18.0 Å². The van der Waals surface area contributed by atoms with Crippen LogP contribution in [0.4, 0.5) is 11.4 Å². The van der Waals surface area contributed by atoms with Gasteiger partial charge in [0.15, 0.2) is 0 Å². The first kappa shape index (κ1) is 23.6. The first-order valence-electron chi connectivity index (χ1n) is 10.1. The van der Waals surface area contributed by atoms with Gasteiger partial charge >= 0.3 is 0 Å². The summed E-state index contributed by atoms with van der Waals surface area (Å²) in [5, 5.41) is 2.75. The molecule has 2 aromatic rings. The van der Waals surface area contributed by atoms with Gasteiger partial charge in [0.2, 0.25) is 21.8 Å². The van der Waals surface area contributed by atoms with Crippen molar-refractivity contribution >= 4 is 33.2 Å². The number of pyridine rings is 1. The van der Waals surface area contributed by atoms with Crippen molar-refractivity contribution in [3.63, 3.8) is 0 Å². The summed E-state index contributed by atoms with van der Waals surface area (Å²) in [6.45, 7) is 2.43. The molecule has 2 heterocycles. The molecule has 172 valence electrons. The molecule has 32 heavy (non-hydrogen) atoms. The molecule has 1 aromatic heterocycles. The van der Waals surface area contributed by atoms with Crippen molar-refractivity contribution in [2.45, 2.75) is 4.90 Å². The van der Waals surface area contributed by atoms with Crippen LogP contribution >= 0.6 is 0 Å². The second-order valence-electron chi connectivity index (χ2n) is 7.39. The molecule has 1 fully saturated rings. The van der Waals surface area contributed by atoms with Crippen LogP contribution in [0.25, 0.3) is 0 Å². The number of nitrogens with one attached hydrogen (secondary N) is 1. The number of rotatable bonds is 8. The summed E-state index contributed by atoms with van der Waals surface area (Å²) in [5.74, 6) is -0.879. The Labute approximate surface area is 187 Å². The molecule has 1 N–H and O–H groups in total. The van der Waals surface area contributed by atoms with Crippen molar-refractivity contribution in [1.29, 1.82) is 0 Å². The maximum Gasteiger partial charge on any atom is 0.244 e. The number of morpholine rings is 1. The third-order valence-electron chi connectivity index (χ3n) is 5.03. The van der Waals surface area contributed by atoms with Gasteiger partial charge in [-0.1, -0.05) is 0 Å². The lowest BCUT2D eigenvalue weighted by atomic mass is 10.2. The van der Waals surface area contributed by atoms with Gasteiger partial charge < -0.3 is 19.9 Å². The Morgan fingerprint density at radius 2 is 1.78 bits per heavy atom. The molecule has 1 aliphatic rings. The average Bonchev–Trinajstić information content (AvgIpc) is 2.80. The van der Waals surface area contributed by atoms with Crippen molar-refractivity contribution in [1.82, 2.24) is 14.2 Å². The maximum atomic E-state index is 12.5. The molecule has 2 amide bonds. The minimum absolute atomic E-state index is 0.00350. The fraction of sp³-hybridized carbons (Fsp3) is 0.381. The number of aromatic nitrogens is 1. The van der Waals surface area contributed by atoms with Crippen LogP contribution in [0.2, 0.25) is 0 Å². The highest BCUT2D eigenvalue weighted by Gasteiger charge is 2.25. The fourth-order valence-corrected chi connectivity index (χ4v) is 4.24. The molecule has 0 aliphatic carbocycles. The third kappa shape index (κ3) is 6.02. The van der Waals surface area contributed by atoms with E-state index in [1.807, 2.05) is 12.1 Å². The Kier molecular flexibility index (Phi) is 7.78. The molecule has 0 bridgehead atoms. The summed E-state index contributed by atoms with van der Waals surface area (Å²) in [6.07, 6.45) is 2.69. The number of likely N-dealkylation sites (N-methyl/N-ethyl adjacent to an activating group) is 2. The van der Waals surface area contributed by atoms with Crippen LogP contribution in [-0.4, -0.2) is 87.9 Å². The Bertz CT molecular complexity index is 1020. The van der Waals surface area contributed by atoms with E-state index in [0.29, 0.717) is 18.9 Å². The van der Waals surface area contributed by atoms with E-state index in [1.165, 1.54) is 43.5 Å². The van der Waals surface area contributed by atoms with E-state index in [4.69, 9.17) is 4.74 Å². The zero-order valence-corrected chi connectivity index (χ0v) is 18.9. The quantitative estimate of drug-likeness (QED) is 0.614. The first-order valence-corrected chi connectivity index (χ1v) is 11.5. The van der Waals surface area contributed by atoms with Crippen LogP contribution in [0.5, 0.6) is 0 Å². The van der Waals surface area contributed by atoms with E-state index >= 15 is 0 Å². The van der Waals surface area contributed by atoms with Gasteiger partial charge in [-0.25, -0.2) is 8.42 Å². The zero-order valence-electron chi connectivity index (χ0n) is 18.1. The lowest BCUT2D eigenvalue weighted by Crippen LogP contribution is -2.42. The van der Waals surface area contributed by atoms with Gasteiger partial charge in [-0.15, -0.1) is 0 Å². The van der Waals surface area contributed by atoms with Crippen molar-refractivity contribution in [3.8, 4) is 0 Å². The average molecular weight is 462 g/mol. The smallest absolute Gasteiger partial charge is 0.244 e. The Morgan fingerprint density at radius 3 is 2.41 bits per heavy atom. The number of benzene rings is 1. The summed E-state index contributed by atoms with van der Waals surface area (Å²) >= 11 is 0. The van der Waals surface area contributed by atoms with E-state index in [0.717, 1.165) is 23.1 Å². The minimum Gasteiger partial charge on any atom is -0.378 e. The largest absolute Gasteiger partial charge is 0.378 e. The SMILES string of the molecule is CN(CC(=O)Nc1ccc(N2CCOCC2)cc1)C(=O)CN(C)S(=O)(=O)c1cccnc1. The van der Waals surface area contributed by atoms with Gasteiger partial charge in [-0.05, 0) is 36.4 Å². The second-order valence-corrected chi connectivity index (χ2v) is 9.44. The van der Waals surface area contributed by atoms with Gasteiger partial charge in [-0.3, -0.25) is 14.6 Å². The van der Waals surface area contributed by atoms with Crippen LogP contribution in [0, 0.1) is 0 Å². The number of amides is 2. The van der Waals surface area contributed by atoms with E-state index < -0.39 is 22.5 Å². The van der Waals surface area contributed by atoms with Crippen LogP contribution in [-0.2, 0) is 24.3 Å². The number of carbonyl (C=O) groups excluding carboxylic acids is 2. The first-order chi connectivity index (χ1) is 15.3. The molecule has 0 spiro atoms. The molecular formula is C21H27N5O5S. The van der Waals surface area contributed by atoms with Crippen molar-refractivity contribution in [2.24, 2.45) is 0 Å². The van der Waals surface area contributed by atoms with E-state index in [-0.39, 0.29) is 17.3 Å². The molecule has 1 saturated heterocycles. The normalized spacial score (nSPS) is 14.3. The third-order valence-corrected chi connectivity index (χ3v) is 6.82.